The highest BCUT2D eigenvalue weighted by Gasteiger charge is 2.27. The van der Waals surface area contributed by atoms with Crippen LogP contribution in [0.3, 0.4) is 0 Å². The number of aliphatic hydroxyl groups is 1. The third kappa shape index (κ3) is 9.12. The standard InChI is InChI=1S/C11H22F2N2O3/c1-8(15-6-11(12,13)7-16)5-14-9(17)18-10(2,3)4/h8,15-16H,5-7H2,1-4H3,(H,14,17). The monoisotopic (exact) mass is 268 g/mol. The van der Waals surface area contributed by atoms with Crippen LogP contribution in [0.1, 0.15) is 27.7 Å². The van der Waals surface area contributed by atoms with E-state index in [1.165, 1.54) is 0 Å². The number of halogens is 2. The zero-order valence-corrected chi connectivity index (χ0v) is 11.2. The summed E-state index contributed by atoms with van der Waals surface area (Å²) in [6.45, 7) is 5.16. The molecule has 0 saturated heterocycles. The van der Waals surface area contributed by atoms with E-state index in [2.05, 4.69) is 10.6 Å². The zero-order valence-electron chi connectivity index (χ0n) is 11.2. The number of ether oxygens (including phenoxy) is 1. The van der Waals surface area contributed by atoms with Crippen LogP contribution in [0.2, 0.25) is 0 Å². The summed E-state index contributed by atoms with van der Waals surface area (Å²) in [6.07, 6.45) is -0.593. The summed E-state index contributed by atoms with van der Waals surface area (Å²) in [5.74, 6) is -3.15. The van der Waals surface area contributed by atoms with Gasteiger partial charge in [-0.15, -0.1) is 0 Å². The largest absolute Gasteiger partial charge is 0.444 e. The van der Waals surface area contributed by atoms with E-state index in [0.29, 0.717) is 0 Å². The number of hydrogen-bond acceptors (Lipinski definition) is 4. The van der Waals surface area contributed by atoms with E-state index in [0.717, 1.165) is 0 Å². The van der Waals surface area contributed by atoms with Crippen LogP contribution in [0.5, 0.6) is 0 Å². The molecule has 0 radical (unpaired) electrons. The predicted molar refractivity (Wildman–Crippen MR) is 63.7 cm³/mol. The Hall–Kier alpha value is -0.950. The highest BCUT2D eigenvalue weighted by molar-refractivity contribution is 5.67. The van der Waals surface area contributed by atoms with Gasteiger partial charge in [-0.25, -0.2) is 13.6 Å². The second-order valence-electron chi connectivity index (χ2n) is 5.18. The Kier molecular flexibility index (Phi) is 6.48. The number of hydrogen-bond donors (Lipinski definition) is 3. The van der Waals surface area contributed by atoms with E-state index in [9.17, 15) is 13.6 Å². The summed E-state index contributed by atoms with van der Waals surface area (Å²) >= 11 is 0. The van der Waals surface area contributed by atoms with Gasteiger partial charge in [0.1, 0.15) is 12.2 Å². The Morgan fingerprint density at radius 3 is 2.39 bits per heavy atom. The minimum atomic E-state index is -3.15. The average Bonchev–Trinajstić information content (AvgIpc) is 2.21. The molecule has 0 saturated carbocycles. The van der Waals surface area contributed by atoms with Crippen molar-refractivity contribution in [3.8, 4) is 0 Å². The number of amides is 1. The lowest BCUT2D eigenvalue weighted by molar-refractivity contribution is -0.0489. The molecule has 1 atom stereocenters. The maximum Gasteiger partial charge on any atom is 0.407 e. The Morgan fingerprint density at radius 2 is 1.94 bits per heavy atom. The minimum Gasteiger partial charge on any atom is -0.444 e. The Balaban J connectivity index is 3.84. The molecule has 108 valence electrons. The van der Waals surface area contributed by atoms with Gasteiger partial charge in [-0.05, 0) is 27.7 Å². The van der Waals surface area contributed by atoms with Crippen molar-refractivity contribution < 1.29 is 23.4 Å². The Labute approximate surface area is 106 Å². The van der Waals surface area contributed by atoms with Gasteiger partial charge in [0.05, 0.1) is 6.54 Å². The molecule has 18 heavy (non-hydrogen) atoms. The van der Waals surface area contributed by atoms with Crippen LogP contribution in [0.25, 0.3) is 0 Å². The summed E-state index contributed by atoms with van der Waals surface area (Å²) in [5, 5.41) is 13.3. The van der Waals surface area contributed by atoms with Gasteiger partial charge in [0.15, 0.2) is 0 Å². The molecule has 0 aromatic rings. The first-order valence-corrected chi connectivity index (χ1v) is 5.75. The molecular weight excluding hydrogens is 246 g/mol. The van der Waals surface area contributed by atoms with Gasteiger partial charge >= 0.3 is 6.09 Å². The number of rotatable bonds is 6. The van der Waals surface area contributed by atoms with E-state index in [-0.39, 0.29) is 12.6 Å². The van der Waals surface area contributed by atoms with Crippen molar-refractivity contribution in [1.82, 2.24) is 10.6 Å². The van der Waals surface area contributed by atoms with Gasteiger partial charge in [0.25, 0.3) is 5.92 Å². The van der Waals surface area contributed by atoms with E-state index in [1.54, 1.807) is 27.7 Å². The number of aliphatic hydroxyl groups excluding tert-OH is 1. The maximum absolute atomic E-state index is 12.7. The topological polar surface area (TPSA) is 70.6 Å². The van der Waals surface area contributed by atoms with Crippen LogP contribution in [-0.4, -0.2) is 48.5 Å². The molecule has 0 heterocycles. The van der Waals surface area contributed by atoms with Crippen molar-refractivity contribution in [3.05, 3.63) is 0 Å². The smallest absolute Gasteiger partial charge is 0.407 e. The highest BCUT2D eigenvalue weighted by atomic mass is 19.3. The molecule has 0 rings (SSSR count). The molecular formula is C11H22F2N2O3. The Bertz CT molecular complexity index is 268. The third-order valence-corrected chi connectivity index (χ3v) is 1.89. The maximum atomic E-state index is 12.7. The number of alkyl carbamates (subject to hydrolysis) is 1. The number of carbonyl (C=O) groups is 1. The normalized spacial score (nSPS) is 14.2. The quantitative estimate of drug-likeness (QED) is 0.675. The van der Waals surface area contributed by atoms with Crippen molar-refractivity contribution in [2.24, 2.45) is 0 Å². The fourth-order valence-corrected chi connectivity index (χ4v) is 1.00. The van der Waals surface area contributed by atoms with Crippen LogP contribution in [0.15, 0.2) is 0 Å². The molecule has 0 aromatic carbocycles. The summed E-state index contributed by atoms with van der Waals surface area (Å²) in [4.78, 5) is 11.3. The molecule has 0 aliphatic carbocycles. The average molecular weight is 268 g/mol. The molecule has 0 aliphatic rings. The van der Waals surface area contributed by atoms with Gasteiger partial charge in [0.2, 0.25) is 0 Å². The molecule has 0 aliphatic heterocycles. The van der Waals surface area contributed by atoms with E-state index >= 15 is 0 Å². The SMILES string of the molecule is CC(CNC(=O)OC(C)(C)C)NCC(F)(F)CO. The fourth-order valence-electron chi connectivity index (χ4n) is 1.00. The second kappa shape index (κ2) is 6.84. The van der Waals surface area contributed by atoms with Gasteiger partial charge in [0, 0.05) is 12.6 Å². The number of carbonyl (C=O) groups excluding carboxylic acids is 1. The number of nitrogens with one attached hydrogen (secondary N) is 2. The van der Waals surface area contributed by atoms with Crippen LogP contribution in [-0.2, 0) is 4.74 Å². The highest BCUT2D eigenvalue weighted by Crippen LogP contribution is 2.10. The van der Waals surface area contributed by atoms with E-state index < -0.39 is 30.8 Å². The lowest BCUT2D eigenvalue weighted by Gasteiger charge is -2.22. The van der Waals surface area contributed by atoms with Gasteiger partial charge < -0.3 is 20.5 Å². The summed E-state index contributed by atoms with van der Waals surface area (Å²) in [6, 6.07) is -0.352. The van der Waals surface area contributed by atoms with Gasteiger partial charge in [-0.2, -0.15) is 0 Å². The first-order chi connectivity index (χ1) is 8.06. The summed E-state index contributed by atoms with van der Waals surface area (Å²) in [5.41, 5.74) is -0.593. The molecule has 0 bridgehead atoms. The molecule has 7 heteroatoms. The van der Waals surface area contributed by atoms with Crippen molar-refractivity contribution in [2.75, 3.05) is 19.7 Å². The molecule has 0 aromatic heterocycles. The molecule has 1 unspecified atom stereocenters. The van der Waals surface area contributed by atoms with Crippen LogP contribution in [0.4, 0.5) is 13.6 Å². The second-order valence-corrected chi connectivity index (χ2v) is 5.18. The van der Waals surface area contributed by atoms with Gasteiger partial charge in [-0.1, -0.05) is 0 Å². The summed E-state index contributed by atoms with van der Waals surface area (Å²) < 4.78 is 30.4. The third-order valence-electron chi connectivity index (χ3n) is 1.89. The Morgan fingerprint density at radius 1 is 1.39 bits per heavy atom. The molecule has 3 N–H and O–H groups in total. The van der Waals surface area contributed by atoms with E-state index in [1.807, 2.05) is 0 Å². The zero-order chi connectivity index (χ0) is 14.4. The minimum absolute atomic E-state index is 0.163. The van der Waals surface area contributed by atoms with Crippen molar-refractivity contribution in [3.63, 3.8) is 0 Å². The molecule has 0 spiro atoms. The molecule has 5 nitrogen and oxygen atoms in total. The van der Waals surface area contributed by atoms with Crippen LogP contribution >= 0.6 is 0 Å². The van der Waals surface area contributed by atoms with Crippen molar-refractivity contribution in [1.29, 1.82) is 0 Å². The van der Waals surface area contributed by atoms with Crippen molar-refractivity contribution >= 4 is 6.09 Å². The molecule has 1 amide bonds. The fraction of sp³-hybridized carbons (Fsp3) is 0.909. The van der Waals surface area contributed by atoms with Crippen molar-refractivity contribution in [2.45, 2.75) is 45.3 Å². The molecule has 0 fully saturated rings. The van der Waals surface area contributed by atoms with Gasteiger partial charge in [-0.3, -0.25) is 0 Å². The van der Waals surface area contributed by atoms with Crippen LogP contribution in [0, 0.1) is 0 Å². The van der Waals surface area contributed by atoms with E-state index in [4.69, 9.17) is 9.84 Å². The first kappa shape index (κ1) is 17.1. The lowest BCUT2D eigenvalue weighted by atomic mass is 10.2. The predicted octanol–water partition coefficient (Wildman–Crippen LogP) is 1.12. The van der Waals surface area contributed by atoms with Crippen LogP contribution < -0.4 is 10.6 Å². The summed E-state index contributed by atoms with van der Waals surface area (Å²) in [7, 11) is 0. The number of alkyl halides is 2. The lowest BCUT2D eigenvalue weighted by Crippen LogP contribution is -2.45. The first-order valence-electron chi connectivity index (χ1n) is 5.75.